The van der Waals surface area contributed by atoms with Gasteiger partial charge in [-0.05, 0) is 50.7 Å². The Morgan fingerprint density at radius 2 is 1.85 bits per heavy atom. The van der Waals surface area contributed by atoms with E-state index in [1.807, 2.05) is 20.8 Å². The van der Waals surface area contributed by atoms with Crippen LogP contribution in [0.25, 0.3) is 0 Å². The monoisotopic (exact) mass is 373 g/mol. The fourth-order valence-electron chi connectivity index (χ4n) is 4.61. The summed E-state index contributed by atoms with van der Waals surface area (Å²) in [5.41, 5.74) is -0.681. The van der Waals surface area contributed by atoms with Crippen molar-refractivity contribution in [1.82, 2.24) is 5.06 Å². The summed E-state index contributed by atoms with van der Waals surface area (Å²) in [7, 11) is 0. The summed E-state index contributed by atoms with van der Waals surface area (Å²) in [5, 5.41) is 25.0. The molecular formula is C20H25N2O5. The van der Waals surface area contributed by atoms with Crippen molar-refractivity contribution in [2.75, 3.05) is 0 Å². The minimum absolute atomic E-state index is 0.124. The van der Waals surface area contributed by atoms with Gasteiger partial charge in [0.05, 0.1) is 16.0 Å². The molecular weight excluding hydrogens is 348 g/mol. The molecule has 0 N–H and O–H groups in total. The van der Waals surface area contributed by atoms with Crippen LogP contribution in [0.4, 0.5) is 5.69 Å². The first-order valence-electron chi connectivity index (χ1n) is 9.02. The minimum Gasteiger partial charge on any atom is -0.427 e. The lowest BCUT2D eigenvalue weighted by Gasteiger charge is -2.44. The molecule has 0 saturated carbocycles. The van der Waals surface area contributed by atoms with Gasteiger partial charge in [-0.25, -0.2) is 4.79 Å². The van der Waals surface area contributed by atoms with E-state index in [2.05, 4.69) is 13.8 Å². The third-order valence-corrected chi connectivity index (χ3v) is 5.56. The van der Waals surface area contributed by atoms with Gasteiger partial charge in [-0.1, -0.05) is 19.9 Å². The molecule has 0 bridgehead atoms. The van der Waals surface area contributed by atoms with Crippen LogP contribution in [0, 0.1) is 15.5 Å². The summed E-state index contributed by atoms with van der Waals surface area (Å²) in [5.74, 6) is -0.111. The summed E-state index contributed by atoms with van der Waals surface area (Å²) in [6.45, 7) is 9.80. The number of nitrogens with zero attached hydrogens (tertiary/aromatic N) is 2. The molecule has 7 nitrogen and oxygen atoms in total. The van der Waals surface area contributed by atoms with E-state index in [4.69, 9.17) is 4.74 Å². The van der Waals surface area contributed by atoms with E-state index < -0.39 is 22.0 Å². The van der Waals surface area contributed by atoms with Crippen molar-refractivity contribution >= 4 is 11.7 Å². The Balaban J connectivity index is 1.98. The number of benzene rings is 1. The molecule has 1 radical (unpaired) electrons. The number of hydrogen-bond donors (Lipinski definition) is 0. The number of allylic oxidation sites excluding steroid dienone is 1. The molecule has 1 aromatic rings. The molecule has 7 heteroatoms. The number of carbonyl (C=O) groups is 1. The SMILES string of the molecule is CC1(C)CC(OC(=O)c2cccc([N+](=O)[O-])c2)=C2CC(C)(C)N([O])[C@]2(C)C1. The van der Waals surface area contributed by atoms with E-state index in [9.17, 15) is 20.1 Å². The summed E-state index contributed by atoms with van der Waals surface area (Å²) in [6.07, 6.45) is 1.75. The van der Waals surface area contributed by atoms with Gasteiger partial charge in [0.25, 0.3) is 5.69 Å². The predicted molar refractivity (Wildman–Crippen MR) is 98.2 cm³/mol. The topological polar surface area (TPSA) is 92.6 Å². The number of carbonyl (C=O) groups excluding carboxylic acids is 1. The van der Waals surface area contributed by atoms with E-state index in [1.54, 1.807) is 0 Å². The summed E-state index contributed by atoms with van der Waals surface area (Å²) < 4.78 is 5.72. The van der Waals surface area contributed by atoms with E-state index >= 15 is 0 Å². The lowest BCUT2D eigenvalue weighted by molar-refractivity contribution is -0.384. The molecule has 0 spiro atoms. The number of nitro groups is 1. The summed E-state index contributed by atoms with van der Waals surface area (Å²) >= 11 is 0. The first-order valence-corrected chi connectivity index (χ1v) is 9.02. The van der Waals surface area contributed by atoms with Gasteiger partial charge in [-0.3, -0.25) is 10.1 Å². The van der Waals surface area contributed by atoms with Crippen LogP contribution in [-0.4, -0.2) is 27.0 Å². The maximum absolute atomic E-state index is 13.0. The Morgan fingerprint density at radius 3 is 2.48 bits per heavy atom. The van der Waals surface area contributed by atoms with Crippen molar-refractivity contribution in [3.63, 3.8) is 0 Å². The predicted octanol–water partition coefficient (Wildman–Crippen LogP) is 4.41. The second-order valence-corrected chi connectivity index (χ2v) is 9.17. The Hall–Kier alpha value is -2.25. The van der Waals surface area contributed by atoms with E-state index in [1.165, 1.54) is 24.3 Å². The largest absolute Gasteiger partial charge is 0.427 e. The number of ether oxygens (including phenoxy) is 1. The molecule has 0 unspecified atom stereocenters. The molecule has 1 atom stereocenters. The van der Waals surface area contributed by atoms with Gasteiger partial charge in [-0.2, -0.15) is 0 Å². The number of rotatable bonds is 3. The molecule has 3 rings (SSSR count). The molecule has 1 aliphatic carbocycles. The second kappa shape index (κ2) is 6.14. The Bertz CT molecular complexity index is 843. The zero-order valence-electron chi connectivity index (χ0n) is 16.4. The van der Waals surface area contributed by atoms with Gasteiger partial charge in [0, 0.05) is 24.1 Å². The molecule has 1 fully saturated rings. The van der Waals surface area contributed by atoms with Crippen molar-refractivity contribution in [1.29, 1.82) is 0 Å². The van der Waals surface area contributed by atoms with Crippen molar-refractivity contribution in [2.24, 2.45) is 5.41 Å². The molecule has 27 heavy (non-hydrogen) atoms. The highest BCUT2D eigenvalue weighted by Gasteiger charge is 2.57. The van der Waals surface area contributed by atoms with Gasteiger partial charge in [0.15, 0.2) is 0 Å². The van der Waals surface area contributed by atoms with Crippen LogP contribution >= 0.6 is 0 Å². The number of hydroxylamine groups is 2. The molecule has 1 heterocycles. The number of non-ortho nitro benzene ring substituents is 1. The lowest BCUT2D eigenvalue weighted by atomic mass is 9.68. The molecule has 1 aliphatic heterocycles. The summed E-state index contributed by atoms with van der Waals surface area (Å²) in [4.78, 5) is 23.1. The van der Waals surface area contributed by atoms with Crippen molar-refractivity contribution < 1.29 is 19.7 Å². The zero-order valence-corrected chi connectivity index (χ0v) is 16.4. The third kappa shape index (κ3) is 3.37. The number of nitro benzene ring substituents is 1. The molecule has 1 saturated heterocycles. The molecule has 145 valence electrons. The second-order valence-electron chi connectivity index (χ2n) is 9.17. The highest BCUT2D eigenvalue weighted by Crippen LogP contribution is 2.55. The molecule has 0 aromatic heterocycles. The Labute approximate surface area is 158 Å². The fraction of sp³-hybridized carbons (Fsp3) is 0.550. The van der Waals surface area contributed by atoms with Crippen LogP contribution in [0.15, 0.2) is 35.6 Å². The van der Waals surface area contributed by atoms with Crippen molar-refractivity contribution in [2.45, 2.75) is 65.0 Å². The molecule has 1 aromatic carbocycles. The lowest BCUT2D eigenvalue weighted by Crippen LogP contribution is -2.50. The van der Waals surface area contributed by atoms with Crippen LogP contribution < -0.4 is 0 Å². The number of esters is 1. The van der Waals surface area contributed by atoms with E-state index in [0.717, 1.165) is 10.6 Å². The first-order chi connectivity index (χ1) is 12.4. The Kier molecular flexibility index (Phi) is 4.44. The number of fused-ring (bicyclic) bond motifs is 1. The highest BCUT2D eigenvalue weighted by atomic mass is 16.6. The zero-order chi connectivity index (χ0) is 20.2. The third-order valence-electron chi connectivity index (χ3n) is 5.56. The van der Waals surface area contributed by atoms with Crippen LogP contribution in [0.5, 0.6) is 0 Å². The van der Waals surface area contributed by atoms with E-state index in [-0.39, 0.29) is 16.7 Å². The molecule has 0 amide bonds. The van der Waals surface area contributed by atoms with Gasteiger partial charge in [0.2, 0.25) is 0 Å². The van der Waals surface area contributed by atoms with Crippen LogP contribution in [-0.2, 0) is 9.94 Å². The Morgan fingerprint density at radius 1 is 1.19 bits per heavy atom. The van der Waals surface area contributed by atoms with Gasteiger partial charge >= 0.3 is 5.97 Å². The van der Waals surface area contributed by atoms with E-state index in [0.29, 0.717) is 25.0 Å². The molecule has 2 aliphatic rings. The average molecular weight is 373 g/mol. The average Bonchev–Trinajstić information content (AvgIpc) is 2.74. The van der Waals surface area contributed by atoms with Crippen molar-refractivity contribution in [3.8, 4) is 0 Å². The summed E-state index contributed by atoms with van der Waals surface area (Å²) in [6, 6.07) is 5.49. The van der Waals surface area contributed by atoms with Crippen LogP contribution in [0.1, 0.15) is 64.2 Å². The van der Waals surface area contributed by atoms with Gasteiger partial charge in [0.1, 0.15) is 5.76 Å². The fourth-order valence-corrected chi connectivity index (χ4v) is 4.61. The smallest absolute Gasteiger partial charge is 0.343 e. The maximum Gasteiger partial charge on any atom is 0.343 e. The highest BCUT2D eigenvalue weighted by molar-refractivity contribution is 5.90. The number of hydrogen-bond acceptors (Lipinski definition) is 5. The van der Waals surface area contributed by atoms with Gasteiger partial charge in [-0.15, -0.1) is 10.3 Å². The normalized spacial score (nSPS) is 26.6. The minimum atomic E-state index is -0.719. The van der Waals surface area contributed by atoms with Crippen LogP contribution in [0.3, 0.4) is 0 Å². The first kappa shape index (κ1) is 19.5. The van der Waals surface area contributed by atoms with Crippen LogP contribution in [0.2, 0.25) is 0 Å². The van der Waals surface area contributed by atoms with Crippen molar-refractivity contribution in [3.05, 3.63) is 51.3 Å². The van der Waals surface area contributed by atoms with Gasteiger partial charge < -0.3 is 4.74 Å². The standard InChI is InChI=1S/C20H25N2O5/c1-18(2)11-16(15-10-19(3,4)22(26)20(15,5)12-18)27-17(23)13-7-6-8-14(9-13)21(24)25/h6-9H,10-12H2,1-5H3/t20-/m1/s1. The quantitative estimate of drug-likeness (QED) is 0.444. The maximum atomic E-state index is 13.0.